The fraction of sp³-hybridized carbons (Fsp3) is 0.0492. The molecule has 13 rings (SSSR count). The van der Waals surface area contributed by atoms with Gasteiger partial charge in [-0.05, 0) is 127 Å². The lowest BCUT2D eigenvalue weighted by Crippen LogP contribution is -2.33. The summed E-state index contributed by atoms with van der Waals surface area (Å²) >= 11 is 0. The van der Waals surface area contributed by atoms with E-state index in [1.54, 1.807) is 0 Å². The van der Waals surface area contributed by atoms with E-state index in [4.69, 9.17) is 0 Å². The van der Waals surface area contributed by atoms with Crippen molar-refractivity contribution in [1.82, 2.24) is 4.57 Å². The molecule has 10 aromatic carbocycles. The van der Waals surface area contributed by atoms with Gasteiger partial charge >= 0.3 is 0 Å². The first kappa shape index (κ1) is 35.8. The van der Waals surface area contributed by atoms with Gasteiger partial charge in [0.1, 0.15) is 0 Å². The minimum Gasteiger partial charge on any atom is -0.308 e. The van der Waals surface area contributed by atoms with Crippen LogP contribution in [0.1, 0.15) is 34.7 Å². The number of hydrogen-bond acceptors (Lipinski definition) is 1. The van der Waals surface area contributed by atoms with Gasteiger partial charge in [0.25, 0.3) is 0 Å². The van der Waals surface area contributed by atoms with Crippen LogP contribution in [0.2, 0.25) is 0 Å². The van der Waals surface area contributed by atoms with Gasteiger partial charge in [0.15, 0.2) is 0 Å². The average molecular weight is 803 g/mol. The van der Waals surface area contributed by atoms with Crippen LogP contribution in [-0.4, -0.2) is 4.57 Å². The van der Waals surface area contributed by atoms with Gasteiger partial charge < -0.3 is 9.47 Å². The summed E-state index contributed by atoms with van der Waals surface area (Å²) in [5, 5.41) is 5.11. The van der Waals surface area contributed by atoms with Crippen LogP contribution in [0.3, 0.4) is 0 Å². The Hall–Kier alpha value is -7.94. The molecular formula is C61H42N2. The number of nitrogens with zero attached hydrogens (tertiary/aromatic N) is 2. The van der Waals surface area contributed by atoms with Crippen LogP contribution in [-0.2, 0) is 11.8 Å². The first-order valence-electron chi connectivity index (χ1n) is 22.2. The van der Waals surface area contributed by atoms with Gasteiger partial charge in [0.2, 0.25) is 0 Å². The molecule has 1 aromatic heterocycles. The summed E-state index contributed by atoms with van der Waals surface area (Å²) in [4.78, 5) is 2.51. The standard InChI is InChI=1S/C61H42N2/c1-2-40-31-32-43-19-15-25-51-48-23-10-13-28-54(48)61(59(40)58(43)51)53-27-12-9-22-47(53)49-38-37-46(39-55(49)61)62(45-35-33-42(34-36-45)41-17-5-3-6-18-41)57-30-16-26-52-50-24-11-14-29-56(50)63(60(52)57)44-20-7-4-8-21-44/h3-39H,2H2,1H3. The second-order valence-corrected chi connectivity index (χ2v) is 17.0. The Morgan fingerprint density at radius 1 is 0.444 bits per heavy atom. The van der Waals surface area contributed by atoms with Crippen molar-refractivity contribution in [3.8, 4) is 39.1 Å². The van der Waals surface area contributed by atoms with Gasteiger partial charge in [-0.2, -0.15) is 0 Å². The molecule has 11 aromatic rings. The molecule has 2 nitrogen and oxygen atoms in total. The van der Waals surface area contributed by atoms with Crippen LogP contribution in [0.25, 0.3) is 71.6 Å². The van der Waals surface area contributed by atoms with Crippen LogP contribution in [0, 0.1) is 0 Å². The summed E-state index contributed by atoms with van der Waals surface area (Å²) in [6, 6.07) is 83.7. The number of para-hydroxylation sites is 3. The average Bonchev–Trinajstić information content (AvgIpc) is 3.85. The van der Waals surface area contributed by atoms with Gasteiger partial charge in [0.05, 0.1) is 22.1 Å². The minimum absolute atomic E-state index is 0.536. The van der Waals surface area contributed by atoms with E-state index in [9.17, 15) is 0 Å². The van der Waals surface area contributed by atoms with Crippen molar-refractivity contribution in [2.75, 3.05) is 4.90 Å². The van der Waals surface area contributed by atoms with Crippen molar-refractivity contribution in [2.45, 2.75) is 18.8 Å². The quantitative estimate of drug-likeness (QED) is 0.163. The number of fused-ring (bicyclic) bond motifs is 12. The maximum Gasteiger partial charge on any atom is 0.0782 e. The van der Waals surface area contributed by atoms with Crippen molar-refractivity contribution < 1.29 is 0 Å². The predicted molar refractivity (Wildman–Crippen MR) is 264 cm³/mol. The predicted octanol–water partition coefficient (Wildman–Crippen LogP) is 16.0. The molecule has 2 heteroatoms. The molecule has 0 bridgehead atoms. The highest BCUT2D eigenvalue weighted by Gasteiger charge is 2.51. The third kappa shape index (κ3) is 5.01. The van der Waals surface area contributed by atoms with E-state index in [-0.39, 0.29) is 0 Å². The highest BCUT2D eigenvalue weighted by Crippen LogP contribution is 2.63. The molecule has 0 saturated carbocycles. The smallest absolute Gasteiger partial charge is 0.0782 e. The van der Waals surface area contributed by atoms with E-state index >= 15 is 0 Å². The topological polar surface area (TPSA) is 8.17 Å². The first-order valence-corrected chi connectivity index (χ1v) is 22.2. The number of hydrogen-bond donors (Lipinski definition) is 0. The van der Waals surface area contributed by atoms with Crippen molar-refractivity contribution >= 4 is 49.6 Å². The molecule has 296 valence electrons. The maximum absolute atomic E-state index is 2.54. The number of rotatable bonds is 6. The molecule has 0 radical (unpaired) electrons. The van der Waals surface area contributed by atoms with Gasteiger partial charge in [-0.3, -0.25) is 0 Å². The lowest BCUT2D eigenvalue weighted by molar-refractivity contribution is 0.759. The molecule has 63 heavy (non-hydrogen) atoms. The second-order valence-electron chi connectivity index (χ2n) is 17.0. The van der Waals surface area contributed by atoms with Gasteiger partial charge in [0, 0.05) is 27.8 Å². The second kappa shape index (κ2) is 13.8. The summed E-state index contributed by atoms with van der Waals surface area (Å²) in [7, 11) is 0. The maximum atomic E-state index is 2.54. The van der Waals surface area contributed by atoms with E-state index in [1.807, 2.05) is 0 Å². The van der Waals surface area contributed by atoms with Gasteiger partial charge in [-0.15, -0.1) is 0 Å². The summed E-state index contributed by atoms with van der Waals surface area (Å²) < 4.78 is 2.46. The van der Waals surface area contributed by atoms with Crippen LogP contribution in [0.4, 0.5) is 17.1 Å². The molecule has 0 amide bonds. The summed E-state index contributed by atoms with van der Waals surface area (Å²) in [6.45, 7) is 2.32. The van der Waals surface area contributed by atoms with Crippen LogP contribution < -0.4 is 4.90 Å². The zero-order valence-corrected chi connectivity index (χ0v) is 35.0. The highest BCUT2D eigenvalue weighted by molar-refractivity contribution is 6.15. The molecule has 0 aliphatic heterocycles. The third-order valence-electron chi connectivity index (χ3n) is 14.0. The minimum atomic E-state index is -0.536. The zero-order chi connectivity index (χ0) is 41.6. The Morgan fingerprint density at radius 2 is 1.05 bits per heavy atom. The van der Waals surface area contributed by atoms with Crippen LogP contribution >= 0.6 is 0 Å². The number of aryl methyl sites for hydroxylation is 1. The van der Waals surface area contributed by atoms with E-state index in [2.05, 4.69) is 241 Å². The zero-order valence-electron chi connectivity index (χ0n) is 35.0. The number of benzene rings is 10. The molecular weight excluding hydrogens is 761 g/mol. The highest BCUT2D eigenvalue weighted by atomic mass is 15.2. The Morgan fingerprint density at radius 3 is 1.83 bits per heavy atom. The normalized spacial score (nSPS) is 14.6. The van der Waals surface area contributed by atoms with E-state index < -0.39 is 5.41 Å². The molecule has 1 heterocycles. The van der Waals surface area contributed by atoms with E-state index in [1.165, 1.54) is 93.8 Å². The fourth-order valence-corrected chi connectivity index (χ4v) is 11.4. The molecule has 1 spiro atoms. The lowest BCUT2D eigenvalue weighted by atomic mass is 9.60. The SMILES string of the molecule is CCc1ccc2cccc3c2c1C1(c2ccccc2-c2ccc(N(c4ccc(-c5ccccc5)cc4)c4cccc5c6ccccc6n(-c6ccccc6)c45)cc21)c1ccccc1-3. The molecule has 0 fully saturated rings. The molecule has 1 unspecified atom stereocenters. The first-order chi connectivity index (χ1) is 31.2. The summed E-state index contributed by atoms with van der Waals surface area (Å²) in [5.74, 6) is 0. The third-order valence-corrected chi connectivity index (χ3v) is 14.0. The Labute approximate surface area is 367 Å². The van der Waals surface area contributed by atoms with Crippen molar-refractivity contribution in [3.05, 3.63) is 252 Å². The Bertz CT molecular complexity index is 3600. The Balaban J connectivity index is 1.14. The van der Waals surface area contributed by atoms with Crippen LogP contribution in [0.5, 0.6) is 0 Å². The Kier molecular flexibility index (Phi) is 7.83. The van der Waals surface area contributed by atoms with Gasteiger partial charge in [-0.1, -0.05) is 183 Å². The lowest BCUT2D eigenvalue weighted by Gasteiger charge is -2.41. The number of aromatic nitrogens is 1. The molecule has 1 atom stereocenters. The van der Waals surface area contributed by atoms with Crippen molar-refractivity contribution in [3.63, 3.8) is 0 Å². The van der Waals surface area contributed by atoms with Crippen molar-refractivity contribution in [2.24, 2.45) is 0 Å². The molecule has 0 N–H and O–H groups in total. The molecule has 2 aliphatic rings. The van der Waals surface area contributed by atoms with Crippen molar-refractivity contribution in [1.29, 1.82) is 0 Å². The summed E-state index contributed by atoms with van der Waals surface area (Å²) in [6.07, 6.45) is 0.937. The largest absolute Gasteiger partial charge is 0.308 e. The monoisotopic (exact) mass is 802 g/mol. The van der Waals surface area contributed by atoms with E-state index in [0.717, 1.165) is 29.2 Å². The number of anilines is 3. The molecule has 2 aliphatic carbocycles. The summed E-state index contributed by atoms with van der Waals surface area (Å²) in [5.41, 5.74) is 20.8. The molecule has 0 saturated heterocycles. The fourth-order valence-electron chi connectivity index (χ4n) is 11.4. The van der Waals surface area contributed by atoms with Crippen LogP contribution in [0.15, 0.2) is 224 Å². The van der Waals surface area contributed by atoms with E-state index in [0.29, 0.717) is 0 Å². The van der Waals surface area contributed by atoms with Gasteiger partial charge in [-0.25, -0.2) is 0 Å².